The first-order valence-corrected chi connectivity index (χ1v) is 6.57. The van der Waals surface area contributed by atoms with Gasteiger partial charge in [-0.1, -0.05) is 19.1 Å². The van der Waals surface area contributed by atoms with E-state index in [0.29, 0.717) is 6.54 Å². The normalized spacial score (nSPS) is 14.9. The molecule has 3 heteroatoms. The van der Waals surface area contributed by atoms with Gasteiger partial charge < -0.3 is 5.73 Å². The third-order valence-corrected chi connectivity index (χ3v) is 4.36. The number of hydrogen-bond donors (Lipinski definition) is 1. The molecule has 2 nitrogen and oxygen atoms in total. The Balaban J connectivity index is 2.82. The van der Waals surface area contributed by atoms with Gasteiger partial charge in [0.1, 0.15) is 0 Å². The fourth-order valence-corrected chi connectivity index (χ4v) is 3.13. The van der Waals surface area contributed by atoms with E-state index in [2.05, 4.69) is 6.92 Å². The summed E-state index contributed by atoms with van der Waals surface area (Å²) in [6.07, 6.45) is 1.74. The number of benzene rings is 1. The summed E-state index contributed by atoms with van der Waals surface area (Å²) in [6, 6.07) is 7.90. The Hall–Kier alpha value is -0.670. The maximum atomic E-state index is 12.2. The minimum atomic E-state index is -0.911. The van der Waals surface area contributed by atoms with E-state index < -0.39 is 10.8 Å². The van der Waals surface area contributed by atoms with E-state index in [1.165, 1.54) is 0 Å². The fraction of sp³-hybridized carbons (Fsp3) is 0.500. The second kappa shape index (κ2) is 6.03. The largest absolute Gasteiger partial charge is 0.330 e. The third-order valence-electron chi connectivity index (χ3n) is 2.47. The predicted molar refractivity (Wildman–Crippen MR) is 65.3 cm³/mol. The molecule has 1 aromatic rings. The zero-order chi connectivity index (χ0) is 11.3. The number of nitrogens with two attached hydrogens (primary N) is 1. The Bertz CT molecular complexity index is 338. The Kier molecular flexibility index (Phi) is 4.99. The van der Waals surface area contributed by atoms with Gasteiger partial charge in [0.05, 0.1) is 10.8 Å². The molecule has 0 saturated heterocycles. The van der Waals surface area contributed by atoms with E-state index >= 15 is 0 Å². The maximum absolute atomic E-state index is 12.2. The van der Waals surface area contributed by atoms with Crippen LogP contribution in [0.4, 0.5) is 0 Å². The van der Waals surface area contributed by atoms with E-state index in [4.69, 9.17) is 5.73 Å². The Morgan fingerprint density at radius 2 is 2.20 bits per heavy atom. The third kappa shape index (κ3) is 3.43. The summed E-state index contributed by atoms with van der Waals surface area (Å²) in [5.74, 6) is 0. The summed E-state index contributed by atoms with van der Waals surface area (Å²) in [4.78, 5) is 0.926. The standard InChI is InChI=1S/C12H19NOS/c1-3-11(7-8-13)15(14)12-6-4-5-10(2)9-12/h4-6,9,11H,3,7-8,13H2,1-2H3. The second-order valence-corrected chi connectivity index (χ2v) is 5.45. The molecule has 0 amide bonds. The molecule has 2 unspecified atom stereocenters. The minimum absolute atomic E-state index is 0.191. The van der Waals surface area contributed by atoms with Crippen molar-refractivity contribution in [1.82, 2.24) is 0 Å². The van der Waals surface area contributed by atoms with Crippen molar-refractivity contribution in [3.05, 3.63) is 29.8 Å². The smallest absolute Gasteiger partial charge is 0.0561 e. The molecule has 2 N–H and O–H groups in total. The summed E-state index contributed by atoms with van der Waals surface area (Å²) in [5, 5.41) is 0.191. The monoisotopic (exact) mass is 225 g/mol. The molecule has 15 heavy (non-hydrogen) atoms. The van der Waals surface area contributed by atoms with Crippen LogP contribution in [0.1, 0.15) is 25.3 Å². The second-order valence-electron chi connectivity index (χ2n) is 3.72. The van der Waals surface area contributed by atoms with Crippen molar-refractivity contribution in [2.75, 3.05) is 6.54 Å². The topological polar surface area (TPSA) is 43.1 Å². The molecule has 2 atom stereocenters. The molecule has 0 bridgehead atoms. The summed E-state index contributed by atoms with van der Waals surface area (Å²) < 4.78 is 12.2. The number of aryl methyl sites for hydroxylation is 1. The van der Waals surface area contributed by atoms with Crippen LogP contribution in [-0.4, -0.2) is 16.0 Å². The van der Waals surface area contributed by atoms with Crippen LogP contribution in [0.15, 0.2) is 29.2 Å². The van der Waals surface area contributed by atoms with Crippen LogP contribution in [0.5, 0.6) is 0 Å². The lowest BCUT2D eigenvalue weighted by atomic mass is 10.2. The van der Waals surface area contributed by atoms with E-state index in [0.717, 1.165) is 23.3 Å². The van der Waals surface area contributed by atoms with Crippen LogP contribution in [0.3, 0.4) is 0 Å². The van der Waals surface area contributed by atoms with Crippen molar-refractivity contribution in [3.8, 4) is 0 Å². The van der Waals surface area contributed by atoms with Crippen LogP contribution >= 0.6 is 0 Å². The highest BCUT2D eigenvalue weighted by Crippen LogP contribution is 2.17. The van der Waals surface area contributed by atoms with Crippen molar-refractivity contribution in [2.24, 2.45) is 5.73 Å². The van der Waals surface area contributed by atoms with Gasteiger partial charge >= 0.3 is 0 Å². The van der Waals surface area contributed by atoms with Gasteiger partial charge in [-0.2, -0.15) is 0 Å². The molecule has 0 heterocycles. The van der Waals surface area contributed by atoms with Gasteiger partial charge in [-0.25, -0.2) is 0 Å². The summed E-state index contributed by atoms with van der Waals surface area (Å²) in [7, 11) is -0.911. The van der Waals surface area contributed by atoms with Gasteiger partial charge in [-0.3, -0.25) is 4.21 Å². The highest BCUT2D eigenvalue weighted by Gasteiger charge is 2.15. The maximum Gasteiger partial charge on any atom is 0.0561 e. The van der Waals surface area contributed by atoms with Crippen molar-refractivity contribution in [2.45, 2.75) is 36.8 Å². The van der Waals surface area contributed by atoms with Crippen LogP contribution in [0.2, 0.25) is 0 Å². The first-order chi connectivity index (χ1) is 7.19. The quantitative estimate of drug-likeness (QED) is 0.835. The predicted octanol–water partition coefficient (Wildman–Crippen LogP) is 2.23. The summed E-state index contributed by atoms with van der Waals surface area (Å²) in [5.41, 5.74) is 6.67. The molecular formula is C12H19NOS. The van der Waals surface area contributed by atoms with E-state index in [9.17, 15) is 4.21 Å². The van der Waals surface area contributed by atoms with Crippen molar-refractivity contribution < 1.29 is 4.21 Å². The molecular weight excluding hydrogens is 206 g/mol. The lowest BCUT2D eigenvalue weighted by molar-refractivity contribution is 0.650. The lowest BCUT2D eigenvalue weighted by Gasteiger charge is -2.13. The molecule has 1 rings (SSSR count). The molecule has 0 aliphatic heterocycles. The first-order valence-electron chi connectivity index (χ1n) is 5.36. The molecule has 0 radical (unpaired) electrons. The van der Waals surface area contributed by atoms with Gasteiger partial charge in [0.2, 0.25) is 0 Å². The van der Waals surface area contributed by atoms with Gasteiger partial charge in [-0.15, -0.1) is 0 Å². The zero-order valence-electron chi connectivity index (χ0n) is 9.40. The van der Waals surface area contributed by atoms with E-state index in [1.807, 2.05) is 31.2 Å². The molecule has 0 aromatic heterocycles. The first kappa shape index (κ1) is 12.4. The number of rotatable bonds is 5. The van der Waals surface area contributed by atoms with Gasteiger partial charge in [0.15, 0.2) is 0 Å². The fourth-order valence-electron chi connectivity index (χ4n) is 1.58. The molecule has 0 fully saturated rings. The molecule has 0 spiro atoms. The van der Waals surface area contributed by atoms with Crippen molar-refractivity contribution in [3.63, 3.8) is 0 Å². The van der Waals surface area contributed by atoms with Gasteiger partial charge in [-0.05, 0) is 44.0 Å². The van der Waals surface area contributed by atoms with Crippen LogP contribution < -0.4 is 5.73 Å². The summed E-state index contributed by atoms with van der Waals surface area (Å²) in [6.45, 7) is 4.69. The molecule has 0 aliphatic rings. The minimum Gasteiger partial charge on any atom is -0.330 e. The Morgan fingerprint density at radius 1 is 1.47 bits per heavy atom. The Morgan fingerprint density at radius 3 is 2.73 bits per heavy atom. The Labute approximate surface area is 94.3 Å². The highest BCUT2D eigenvalue weighted by molar-refractivity contribution is 7.85. The van der Waals surface area contributed by atoms with Crippen molar-refractivity contribution in [1.29, 1.82) is 0 Å². The average Bonchev–Trinajstić information content (AvgIpc) is 2.25. The molecule has 0 saturated carbocycles. The zero-order valence-corrected chi connectivity index (χ0v) is 10.2. The van der Waals surface area contributed by atoms with E-state index in [-0.39, 0.29) is 5.25 Å². The SMILES string of the molecule is CCC(CCN)S(=O)c1cccc(C)c1. The summed E-state index contributed by atoms with van der Waals surface area (Å²) >= 11 is 0. The highest BCUT2D eigenvalue weighted by atomic mass is 32.2. The van der Waals surface area contributed by atoms with E-state index in [1.54, 1.807) is 0 Å². The van der Waals surface area contributed by atoms with Gasteiger partial charge in [0, 0.05) is 10.1 Å². The lowest BCUT2D eigenvalue weighted by Crippen LogP contribution is -2.18. The van der Waals surface area contributed by atoms with Crippen LogP contribution in [0.25, 0.3) is 0 Å². The van der Waals surface area contributed by atoms with Crippen LogP contribution in [0, 0.1) is 6.92 Å². The number of hydrogen-bond acceptors (Lipinski definition) is 2. The van der Waals surface area contributed by atoms with Gasteiger partial charge in [0.25, 0.3) is 0 Å². The molecule has 84 valence electrons. The molecule has 0 aliphatic carbocycles. The van der Waals surface area contributed by atoms with Crippen molar-refractivity contribution >= 4 is 10.8 Å². The van der Waals surface area contributed by atoms with Crippen LogP contribution in [-0.2, 0) is 10.8 Å². The average molecular weight is 225 g/mol. The molecule has 1 aromatic carbocycles.